The molecule has 1 aliphatic heterocycles. The van der Waals surface area contributed by atoms with E-state index >= 15 is 0 Å². The highest BCUT2D eigenvalue weighted by Crippen LogP contribution is 2.31. The summed E-state index contributed by atoms with van der Waals surface area (Å²) in [7, 11) is 0. The van der Waals surface area contributed by atoms with Crippen LogP contribution < -0.4 is 5.32 Å². The van der Waals surface area contributed by atoms with Gasteiger partial charge in [0, 0.05) is 31.6 Å². The monoisotopic (exact) mass is 399 g/mol. The van der Waals surface area contributed by atoms with Gasteiger partial charge in [-0.2, -0.15) is 0 Å². The van der Waals surface area contributed by atoms with Crippen LogP contribution in [-0.2, 0) is 0 Å². The molecule has 4 heteroatoms. The number of rotatable bonds is 3. The van der Waals surface area contributed by atoms with E-state index in [0.717, 1.165) is 31.5 Å². The van der Waals surface area contributed by atoms with Crippen LogP contribution in [0.4, 0.5) is 0 Å². The van der Waals surface area contributed by atoms with Crippen molar-refractivity contribution in [3.05, 3.63) is 35.9 Å². The van der Waals surface area contributed by atoms with E-state index in [9.17, 15) is 0 Å². The summed E-state index contributed by atoms with van der Waals surface area (Å²) in [5.74, 6) is 2.58. The normalized spacial score (nSPS) is 28.2. The number of guanidine groups is 1. The first-order chi connectivity index (χ1) is 9.78. The highest BCUT2D eigenvalue weighted by Gasteiger charge is 2.35. The molecule has 1 saturated heterocycles. The lowest BCUT2D eigenvalue weighted by Crippen LogP contribution is -2.41. The maximum absolute atomic E-state index is 4.68. The Morgan fingerprint density at radius 2 is 2.05 bits per heavy atom. The zero-order valence-electron chi connectivity index (χ0n) is 13.0. The largest absolute Gasteiger partial charge is 0.353 e. The van der Waals surface area contributed by atoms with Crippen molar-refractivity contribution in [3.63, 3.8) is 0 Å². The first-order valence-electron chi connectivity index (χ1n) is 7.88. The second-order valence-corrected chi connectivity index (χ2v) is 6.10. The van der Waals surface area contributed by atoms with Gasteiger partial charge in [0.1, 0.15) is 0 Å². The average Bonchev–Trinajstić information content (AvgIpc) is 2.98. The van der Waals surface area contributed by atoms with E-state index in [1.807, 2.05) is 0 Å². The minimum atomic E-state index is 0. The van der Waals surface area contributed by atoms with Crippen molar-refractivity contribution in [3.8, 4) is 0 Å². The number of nitrogens with one attached hydrogen (secondary N) is 1. The lowest BCUT2D eigenvalue weighted by atomic mass is 9.99. The minimum absolute atomic E-state index is 0. The second-order valence-electron chi connectivity index (χ2n) is 6.10. The van der Waals surface area contributed by atoms with Crippen molar-refractivity contribution in [2.24, 2.45) is 10.9 Å². The summed E-state index contributed by atoms with van der Waals surface area (Å²) < 4.78 is 0. The van der Waals surface area contributed by atoms with Crippen molar-refractivity contribution in [2.75, 3.05) is 19.6 Å². The molecule has 0 aromatic heterocycles. The van der Waals surface area contributed by atoms with Crippen LogP contribution in [0, 0.1) is 5.92 Å². The van der Waals surface area contributed by atoms with Gasteiger partial charge in [0.25, 0.3) is 0 Å². The standard InChI is InChI=1S/C17H25N3.HI/c1-3-18-17(19-16-11-13(16)2)20-10-9-15(12-20)14-7-5-4-6-8-14;/h4-8,13,15-16H,3,9-12H2,1-2H3,(H,18,19);1H. The van der Waals surface area contributed by atoms with Gasteiger partial charge in [0.15, 0.2) is 5.96 Å². The zero-order valence-corrected chi connectivity index (χ0v) is 15.3. The van der Waals surface area contributed by atoms with Gasteiger partial charge in [-0.15, -0.1) is 24.0 Å². The van der Waals surface area contributed by atoms with E-state index in [-0.39, 0.29) is 24.0 Å². The molecule has 0 bridgehead atoms. The van der Waals surface area contributed by atoms with Crippen LogP contribution in [0.25, 0.3) is 0 Å². The molecule has 3 atom stereocenters. The van der Waals surface area contributed by atoms with Crippen LogP contribution in [0.1, 0.15) is 38.2 Å². The molecule has 0 spiro atoms. The third-order valence-corrected chi connectivity index (χ3v) is 4.49. The number of hydrogen-bond acceptors (Lipinski definition) is 1. The number of hydrogen-bond donors (Lipinski definition) is 1. The van der Waals surface area contributed by atoms with E-state index in [0.29, 0.717) is 12.0 Å². The first kappa shape index (κ1) is 16.6. The second kappa shape index (κ2) is 7.47. The maximum Gasteiger partial charge on any atom is 0.194 e. The zero-order chi connectivity index (χ0) is 13.9. The van der Waals surface area contributed by atoms with Crippen molar-refractivity contribution < 1.29 is 0 Å². The number of nitrogens with zero attached hydrogens (tertiary/aromatic N) is 2. The van der Waals surface area contributed by atoms with Crippen LogP contribution in [0.3, 0.4) is 0 Å². The summed E-state index contributed by atoms with van der Waals surface area (Å²) >= 11 is 0. The smallest absolute Gasteiger partial charge is 0.194 e. The minimum Gasteiger partial charge on any atom is -0.353 e. The predicted octanol–water partition coefficient (Wildman–Crippen LogP) is 3.47. The molecular formula is C17H26IN3. The molecule has 0 radical (unpaired) electrons. The molecule has 3 nitrogen and oxygen atoms in total. The summed E-state index contributed by atoms with van der Waals surface area (Å²) in [6.45, 7) is 7.49. The Hall–Kier alpha value is -0.780. The molecule has 3 rings (SSSR count). The van der Waals surface area contributed by atoms with Crippen molar-refractivity contribution in [2.45, 2.75) is 38.6 Å². The van der Waals surface area contributed by atoms with E-state index in [1.165, 1.54) is 18.4 Å². The van der Waals surface area contributed by atoms with Gasteiger partial charge in [0.05, 0.1) is 0 Å². The Bertz CT molecular complexity index is 474. The van der Waals surface area contributed by atoms with Crippen molar-refractivity contribution >= 4 is 29.9 Å². The van der Waals surface area contributed by atoms with Gasteiger partial charge >= 0.3 is 0 Å². The molecule has 1 aromatic rings. The first-order valence-corrected chi connectivity index (χ1v) is 7.88. The van der Waals surface area contributed by atoms with Gasteiger partial charge in [-0.25, -0.2) is 0 Å². The van der Waals surface area contributed by atoms with Gasteiger partial charge in [0.2, 0.25) is 0 Å². The Morgan fingerprint density at radius 3 is 2.67 bits per heavy atom. The Kier molecular flexibility index (Phi) is 5.90. The summed E-state index contributed by atoms with van der Waals surface area (Å²) in [4.78, 5) is 7.12. The van der Waals surface area contributed by atoms with Crippen molar-refractivity contribution in [1.82, 2.24) is 10.2 Å². The maximum atomic E-state index is 4.68. The van der Waals surface area contributed by atoms with Gasteiger partial charge < -0.3 is 10.2 Å². The Balaban J connectivity index is 0.00000161. The highest BCUT2D eigenvalue weighted by molar-refractivity contribution is 14.0. The van der Waals surface area contributed by atoms with Crippen LogP contribution >= 0.6 is 24.0 Å². The van der Waals surface area contributed by atoms with Crippen LogP contribution in [-0.4, -0.2) is 36.5 Å². The number of benzene rings is 1. The molecule has 2 aliphatic rings. The van der Waals surface area contributed by atoms with Gasteiger partial charge in [-0.1, -0.05) is 37.3 Å². The Morgan fingerprint density at radius 1 is 1.33 bits per heavy atom. The molecule has 116 valence electrons. The average molecular weight is 399 g/mol. The lowest BCUT2D eigenvalue weighted by Gasteiger charge is -2.22. The van der Waals surface area contributed by atoms with E-state index in [2.05, 4.69) is 59.4 Å². The van der Waals surface area contributed by atoms with Gasteiger partial charge in [-0.3, -0.25) is 4.99 Å². The fourth-order valence-electron chi connectivity index (χ4n) is 3.03. The molecular weight excluding hydrogens is 373 g/mol. The quantitative estimate of drug-likeness (QED) is 0.479. The fraction of sp³-hybridized carbons (Fsp3) is 0.588. The molecule has 1 saturated carbocycles. The summed E-state index contributed by atoms with van der Waals surface area (Å²) in [6.07, 6.45) is 2.52. The van der Waals surface area contributed by atoms with Gasteiger partial charge in [-0.05, 0) is 31.2 Å². The number of likely N-dealkylation sites (tertiary alicyclic amines) is 1. The summed E-state index contributed by atoms with van der Waals surface area (Å²) in [5.41, 5.74) is 1.46. The van der Waals surface area contributed by atoms with E-state index in [4.69, 9.17) is 0 Å². The molecule has 1 aliphatic carbocycles. The Labute approximate surface area is 145 Å². The summed E-state index contributed by atoms with van der Waals surface area (Å²) in [6, 6.07) is 11.5. The third-order valence-electron chi connectivity index (χ3n) is 4.49. The number of halogens is 1. The third kappa shape index (κ3) is 4.11. The predicted molar refractivity (Wildman–Crippen MR) is 99.5 cm³/mol. The van der Waals surface area contributed by atoms with Crippen LogP contribution in [0.15, 0.2) is 35.3 Å². The fourth-order valence-corrected chi connectivity index (χ4v) is 3.03. The SMILES string of the molecule is CCN=C(NC1CC1C)N1CCC(c2ccccc2)C1.I. The molecule has 21 heavy (non-hydrogen) atoms. The van der Waals surface area contributed by atoms with Crippen LogP contribution in [0.5, 0.6) is 0 Å². The number of aliphatic imine (C=N–C) groups is 1. The van der Waals surface area contributed by atoms with Crippen LogP contribution in [0.2, 0.25) is 0 Å². The molecule has 3 unspecified atom stereocenters. The lowest BCUT2D eigenvalue weighted by molar-refractivity contribution is 0.482. The highest BCUT2D eigenvalue weighted by atomic mass is 127. The van der Waals surface area contributed by atoms with Crippen molar-refractivity contribution in [1.29, 1.82) is 0 Å². The molecule has 0 amide bonds. The summed E-state index contributed by atoms with van der Waals surface area (Å²) in [5, 5.41) is 3.63. The van der Waals surface area contributed by atoms with E-state index < -0.39 is 0 Å². The molecule has 1 heterocycles. The molecule has 2 fully saturated rings. The topological polar surface area (TPSA) is 27.6 Å². The molecule has 1 aromatic carbocycles. The van der Waals surface area contributed by atoms with E-state index in [1.54, 1.807) is 0 Å². The molecule has 1 N–H and O–H groups in total.